The quantitative estimate of drug-likeness (QED) is 0.516. The summed E-state index contributed by atoms with van der Waals surface area (Å²) in [6.07, 6.45) is 3.33. The minimum Gasteiger partial charge on any atom is -0.497 e. The van der Waals surface area contributed by atoms with Crippen molar-refractivity contribution < 1.29 is 14.3 Å². The van der Waals surface area contributed by atoms with Crippen molar-refractivity contribution in [1.29, 1.82) is 0 Å². The van der Waals surface area contributed by atoms with Crippen LogP contribution in [-0.2, 0) is 0 Å². The smallest absolute Gasteiger partial charge is 0.251 e. The summed E-state index contributed by atoms with van der Waals surface area (Å²) in [5, 5.41) is 3.09. The Balaban J connectivity index is 1.72. The summed E-state index contributed by atoms with van der Waals surface area (Å²) in [5.41, 5.74) is 1.66. The first-order valence-electron chi connectivity index (χ1n) is 10.5. The number of carbonyl (C=O) groups excluding carboxylic acids is 1. The second-order valence-electron chi connectivity index (χ2n) is 7.04. The maximum atomic E-state index is 12.9. The van der Waals surface area contributed by atoms with Crippen molar-refractivity contribution in [3.05, 3.63) is 84.2 Å². The van der Waals surface area contributed by atoms with E-state index in [-0.39, 0.29) is 11.9 Å². The van der Waals surface area contributed by atoms with Gasteiger partial charge in [0.1, 0.15) is 17.2 Å². The first kappa shape index (κ1) is 22.3. The van der Waals surface area contributed by atoms with Gasteiger partial charge in [0.05, 0.1) is 13.2 Å². The zero-order chi connectivity index (χ0) is 22.1. The van der Waals surface area contributed by atoms with E-state index in [1.54, 1.807) is 43.8 Å². The van der Waals surface area contributed by atoms with Crippen LogP contribution in [0.4, 0.5) is 0 Å². The van der Waals surface area contributed by atoms with Crippen LogP contribution < -0.4 is 14.8 Å². The van der Waals surface area contributed by atoms with Crippen LogP contribution in [0.15, 0.2) is 73.1 Å². The molecular formula is C25H29N3O3. The van der Waals surface area contributed by atoms with E-state index in [4.69, 9.17) is 9.47 Å². The lowest BCUT2D eigenvalue weighted by Crippen LogP contribution is -2.38. The molecule has 162 valence electrons. The summed E-state index contributed by atoms with van der Waals surface area (Å²) in [7, 11) is 1.66. The van der Waals surface area contributed by atoms with E-state index in [1.807, 2.05) is 30.3 Å². The lowest BCUT2D eigenvalue weighted by molar-refractivity contribution is 0.0934. The second kappa shape index (κ2) is 11.1. The Labute approximate surface area is 183 Å². The fraction of sp³-hybridized carbons (Fsp3) is 0.280. The SMILES string of the molecule is CCN(CC)C(CNC(=O)c1cccc(Oc2ccncc2)c1)c1cccc(OC)c1. The van der Waals surface area contributed by atoms with Crippen molar-refractivity contribution in [2.75, 3.05) is 26.7 Å². The van der Waals surface area contributed by atoms with Crippen molar-refractivity contribution in [3.8, 4) is 17.2 Å². The van der Waals surface area contributed by atoms with Crippen LogP contribution in [0.5, 0.6) is 17.2 Å². The van der Waals surface area contributed by atoms with Crippen LogP contribution in [0.1, 0.15) is 35.8 Å². The molecule has 0 aliphatic carbocycles. The van der Waals surface area contributed by atoms with E-state index in [2.05, 4.69) is 35.1 Å². The molecular weight excluding hydrogens is 390 g/mol. The van der Waals surface area contributed by atoms with Gasteiger partial charge in [-0.2, -0.15) is 0 Å². The molecule has 0 spiro atoms. The van der Waals surface area contributed by atoms with E-state index in [0.717, 1.165) is 24.4 Å². The van der Waals surface area contributed by atoms with Gasteiger partial charge in [-0.15, -0.1) is 0 Å². The maximum absolute atomic E-state index is 12.9. The number of rotatable bonds is 10. The lowest BCUT2D eigenvalue weighted by atomic mass is 10.0. The van der Waals surface area contributed by atoms with Gasteiger partial charge in [0.2, 0.25) is 0 Å². The molecule has 0 fully saturated rings. The molecule has 0 bridgehead atoms. The fourth-order valence-corrected chi connectivity index (χ4v) is 3.51. The van der Waals surface area contributed by atoms with Crippen molar-refractivity contribution in [2.45, 2.75) is 19.9 Å². The van der Waals surface area contributed by atoms with Gasteiger partial charge in [0, 0.05) is 24.5 Å². The number of hydrogen-bond acceptors (Lipinski definition) is 5. The Morgan fingerprint density at radius 3 is 2.39 bits per heavy atom. The molecule has 3 aromatic rings. The number of likely N-dealkylation sites (N-methyl/N-ethyl adjacent to an activating group) is 1. The van der Waals surface area contributed by atoms with Crippen LogP contribution >= 0.6 is 0 Å². The molecule has 31 heavy (non-hydrogen) atoms. The molecule has 0 aliphatic heterocycles. The average molecular weight is 420 g/mol. The van der Waals surface area contributed by atoms with Gasteiger partial charge >= 0.3 is 0 Å². The lowest BCUT2D eigenvalue weighted by Gasteiger charge is -2.30. The summed E-state index contributed by atoms with van der Waals surface area (Å²) < 4.78 is 11.2. The summed E-state index contributed by atoms with van der Waals surface area (Å²) in [6.45, 7) is 6.49. The molecule has 0 aliphatic rings. The Morgan fingerprint density at radius 2 is 1.68 bits per heavy atom. The highest BCUT2D eigenvalue weighted by atomic mass is 16.5. The molecule has 1 amide bonds. The number of benzene rings is 2. The minimum atomic E-state index is -0.139. The summed E-state index contributed by atoms with van der Waals surface area (Å²) >= 11 is 0. The Morgan fingerprint density at radius 1 is 0.968 bits per heavy atom. The Bertz CT molecular complexity index is 975. The van der Waals surface area contributed by atoms with Crippen molar-refractivity contribution in [1.82, 2.24) is 15.2 Å². The third-order valence-electron chi connectivity index (χ3n) is 5.17. The number of methoxy groups -OCH3 is 1. The molecule has 1 unspecified atom stereocenters. The number of hydrogen-bond donors (Lipinski definition) is 1. The van der Waals surface area contributed by atoms with Crippen molar-refractivity contribution in [3.63, 3.8) is 0 Å². The van der Waals surface area contributed by atoms with E-state index in [0.29, 0.717) is 23.6 Å². The molecule has 0 saturated carbocycles. The van der Waals surface area contributed by atoms with Crippen LogP contribution in [0, 0.1) is 0 Å². The number of nitrogens with one attached hydrogen (secondary N) is 1. The topological polar surface area (TPSA) is 63.7 Å². The Hall–Kier alpha value is -3.38. The highest BCUT2D eigenvalue weighted by Crippen LogP contribution is 2.25. The fourth-order valence-electron chi connectivity index (χ4n) is 3.51. The van der Waals surface area contributed by atoms with Gasteiger partial charge in [-0.25, -0.2) is 0 Å². The standard InChI is InChI=1S/C25H29N3O3/c1-4-28(5-2)24(19-8-6-10-22(16-19)30-3)18-27-25(29)20-9-7-11-23(17-20)31-21-12-14-26-15-13-21/h6-17,24H,4-5,18H2,1-3H3,(H,27,29). The van der Waals surface area contributed by atoms with Gasteiger partial charge in [-0.3, -0.25) is 14.7 Å². The van der Waals surface area contributed by atoms with Gasteiger partial charge in [0.25, 0.3) is 5.91 Å². The molecule has 0 radical (unpaired) electrons. The molecule has 1 N–H and O–H groups in total. The molecule has 1 heterocycles. The predicted molar refractivity (Wildman–Crippen MR) is 122 cm³/mol. The van der Waals surface area contributed by atoms with Crippen molar-refractivity contribution >= 4 is 5.91 Å². The number of nitrogens with zero attached hydrogens (tertiary/aromatic N) is 2. The average Bonchev–Trinajstić information content (AvgIpc) is 2.82. The van der Waals surface area contributed by atoms with E-state index in [1.165, 1.54) is 0 Å². The van der Waals surface area contributed by atoms with Crippen molar-refractivity contribution in [2.24, 2.45) is 0 Å². The van der Waals surface area contributed by atoms with E-state index >= 15 is 0 Å². The zero-order valence-corrected chi connectivity index (χ0v) is 18.2. The molecule has 0 saturated heterocycles. The molecule has 3 rings (SSSR count). The Kier molecular flexibility index (Phi) is 8.01. The van der Waals surface area contributed by atoms with Gasteiger partial charge in [-0.05, 0) is 61.1 Å². The number of pyridine rings is 1. The molecule has 1 aromatic heterocycles. The highest BCUT2D eigenvalue weighted by molar-refractivity contribution is 5.94. The third-order valence-corrected chi connectivity index (χ3v) is 5.17. The zero-order valence-electron chi connectivity index (χ0n) is 18.2. The number of carbonyl (C=O) groups is 1. The van der Waals surface area contributed by atoms with E-state index in [9.17, 15) is 4.79 Å². The van der Waals surface area contributed by atoms with Gasteiger partial charge in [-0.1, -0.05) is 32.0 Å². The largest absolute Gasteiger partial charge is 0.497 e. The number of amides is 1. The van der Waals surface area contributed by atoms with Gasteiger partial charge < -0.3 is 14.8 Å². The van der Waals surface area contributed by atoms with E-state index < -0.39 is 0 Å². The first-order chi connectivity index (χ1) is 15.1. The summed E-state index contributed by atoms with van der Waals surface area (Å²) in [5.74, 6) is 1.95. The first-order valence-corrected chi connectivity index (χ1v) is 10.5. The molecule has 6 nitrogen and oxygen atoms in total. The maximum Gasteiger partial charge on any atom is 0.251 e. The van der Waals surface area contributed by atoms with Crippen LogP contribution in [0.25, 0.3) is 0 Å². The number of aromatic nitrogens is 1. The second-order valence-corrected chi connectivity index (χ2v) is 7.04. The summed E-state index contributed by atoms with van der Waals surface area (Å²) in [4.78, 5) is 19.2. The summed E-state index contributed by atoms with van der Waals surface area (Å²) in [6, 6.07) is 18.8. The molecule has 1 atom stereocenters. The predicted octanol–water partition coefficient (Wildman–Crippen LogP) is 4.70. The molecule has 2 aromatic carbocycles. The normalized spacial score (nSPS) is 11.7. The van der Waals surface area contributed by atoms with Crippen LogP contribution in [0.2, 0.25) is 0 Å². The monoisotopic (exact) mass is 419 g/mol. The third kappa shape index (κ3) is 6.06. The highest BCUT2D eigenvalue weighted by Gasteiger charge is 2.20. The number of ether oxygens (including phenoxy) is 2. The molecule has 6 heteroatoms. The van der Waals surface area contributed by atoms with Crippen LogP contribution in [0.3, 0.4) is 0 Å². The van der Waals surface area contributed by atoms with Gasteiger partial charge in [0.15, 0.2) is 0 Å². The minimum absolute atomic E-state index is 0.0466. The van der Waals surface area contributed by atoms with Crippen LogP contribution in [-0.4, -0.2) is 42.5 Å².